The fraction of sp³-hybridized carbons (Fsp3) is 0.500. The quantitative estimate of drug-likeness (QED) is 0.761. The van der Waals surface area contributed by atoms with Gasteiger partial charge in [0.15, 0.2) is 0 Å². The fourth-order valence-electron chi connectivity index (χ4n) is 3.46. The average Bonchev–Trinajstić information content (AvgIpc) is 3.51. The molecule has 1 atom stereocenters. The average molecular weight is 408 g/mol. The Morgan fingerprint density at radius 3 is 2.72 bits per heavy atom. The molecule has 6 nitrogen and oxygen atoms in total. The molecular formula is C20H23F3N4O2. The molecule has 2 N–H and O–H groups in total. The van der Waals surface area contributed by atoms with Gasteiger partial charge in [0.05, 0.1) is 12.3 Å². The van der Waals surface area contributed by atoms with E-state index in [1.165, 1.54) is 12.1 Å². The van der Waals surface area contributed by atoms with E-state index in [9.17, 15) is 18.3 Å². The first-order valence-electron chi connectivity index (χ1n) is 9.69. The van der Waals surface area contributed by atoms with Crippen LogP contribution in [0.25, 0.3) is 0 Å². The van der Waals surface area contributed by atoms with E-state index in [1.807, 2.05) is 13.0 Å². The number of fused-ring (bicyclic) bond motifs is 1. The third-order valence-corrected chi connectivity index (χ3v) is 5.12. The number of hydrogen-bond donors (Lipinski definition) is 2. The molecule has 1 aliphatic heterocycles. The molecule has 0 unspecified atom stereocenters. The van der Waals surface area contributed by atoms with E-state index in [1.54, 1.807) is 6.07 Å². The van der Waals surface area contributed by atoms with E-state index < -0.39 is 6.36 Å². The summed E-state index contributed by atoms with van der Waals surface area (Å²) in [6.07, 6.45) is -1.88. The van der Waals surface area contributed by atoms with Gasteiger partial charge in [0.25, 0.3) is 0 Å². The second-order valence-electron chi connectivity index (χ2n) is 7.63. The second kappa shape index (κ2) is 7.70. The van der Waals surface area contributed by atoms with Crippen LogP contribution < -0.4 is 15.0 Å². The number of nitrogens with zero attached hydrogens (tertiary/aromatic N) is 3. The summed E-state index contributed by atoms with van der Waals surface area (Å²) in [6, 6.07) is 6.33. The highest BCUT2D eigenvalue weighted by molar-refractivity contribution is 5.50. The SMILES string of the molecule is C[C@@H](CO)Nc1nc(C2CC2)cc(N2CCc3cc(OC(F)(F)F)ccc3C2)n1. The zero-order valence-electron chi connectivity index (χ0n) is 16.0. The summed E-state index contributed by atoms with van der Waals surface area (Å²) in [4.78, 5) is 11.3. The Hall–Kier alpha value is -2.55. The van der Waals surface area contributed by atoms with E-state index in [0.29, 0.717) is 31.4 Å². The molecule has 1 aliphatic carbocycles. The number of aliphatic hydroxyl groups excluding tert-OH is 1. The highest BCUT2D eigenvalue weighted by Gasteiger charge is 2.32. The molecule has 4 rings (SSSR count). The van der Waals surface area contributed by atoms with Crippen molar-refractivity contribution in [2.24, 2.45) is 0 Å². The lowest BCUT2D eigenvalue weighted by molar-refractivity contribution is -0.274. The van der Waals surface area contributed by atoms with E-state index in [2.05, 4.69) is 24.9 Å². The van der Waals surface area contributed by atoms with Gasteiger partial charge in [-0.25, -0.2) is 4.98 Å². The fourth-order valence-corrected chi connectivity index (χ4v) is 3.46. The van der Waals surface area contributed by atoms with Crippen molar-refractivity contribution in [3.8, 4) is 5.75 Å². The van der Waals surface area contributed by atoms with E-state index >= 15 is 0 Å². The van der Waals surface area contributed by atoms with Gasteiger partial charge in [0, 0.05) is 31.1 Å². The van der Waals surface area contributed by atoms with Crippen LogP contribution in [0.4, 0.5) is 24.9 Å². The monoisotopic (exact) mass is 408 g/mol. The van der Waals surface area contributed by atoms with Crippen LogP contribution in [0.15, 0.2) is 24.3 Å². The van der Waals surface area contributed by atoms with Crippen LogP contribution in [-0.4, -0.2) is 40.6 Å². The molecule has 2 aromatic rings. The number of rotatable bonds is 6. The van der Waals surface area contributed by atoms with E-state index in [4.69, 9.17) is 0 Å². The molecule has 29 heavy (non-hydrogen) atoms. The van der Waals surface area contributed by atoms with Crippen LogP contribution in [0, 0.1) is 0 Å². The Kier molecular flexibility index (Phi) is 5.24. The lowest BCUT2D eigenvalue weighted by Crippen LogP contribution is -2.32. The first-order valence-corrected chi connectivity index (χ1v) is 9.69. The molecular weight excluding hydrogens is 385 g/mol. The minimum Gasteiger partial charge on any atom is -0.406 e. The van der Waals surface area contributed by atoms with Crippen molar-refractivity contribution in [1.29, 1.82) is 0 Å². The summed E-state index contributed by atoms with van der Waals surface area (Å²) in [5, 5.41) is 12.4. The van der Waals surface area contributed by atoms with E-state index in [-0.39, 0.29) is 18.4 Å². The molecule has 0 spiro atoms. The molecule has 2 aliphatic rings. The predicted octanol–water partition coefficient (Wildman–Crippen LogP) is 3.61. The lowest BCUT2D eigenvalue weighted by Gasteiger charge is -2.30. The van der Waals surface area contributed by atoms with Gasteiger partial charge in [-0.1, -0.05) is 6.07 Å². The number of nitrogens with one attached hydrogen (secondary N) is 1. The number of benzene rings is 1. The van der Waals surface area contributed by atoms with Gasteiger partial charge in [-0.15, -0.1) is 13.2 Å². The van der Waals surface area contributed by atoms with Crippen molar-refractivity contribution in [3.05, 3.63) is 41.1 Å². The normalized spacial score (nSPS) is 17.6. The Labute approximate surface area is 166 Å². The van der Waals surface area contributed by atoms with Gasteiger partial charge < -0.3 is 20.1 Å². The molecule has 0 saturated heterocycles. The Morgan fingerprint density at radius 1 is 1.24 bits per heavy atom. The Balaban J connectivity index is 1.55. The molecule has 1 aromatic carbocycles. The van der Waals surface area contributed by atoms with Crippen molar-refractivity contribution in [2.45, 2.75) is 51.1 Å². The van der Waals surface area contributed by atoms with Gasteiger partial charge in [0.1, 0.15) is 11.6 Å². The van der Waals surface area contributed by atoms with Crippen molar-refractivity contribution in [3.63, 3.8) is 0 Å². The topological polar surface area (TPSA) is 70.5 Å². The largest absolute Gasteiger partial charge is 0.573 e. The van der Waals surface area contributed by atoms with Crippen molar-refractivity contribution in [2.75, 3.05) is 23.4 Å². The zero-order valence-corrected chi connectivity index (χ0v) is 16.0. The molecule has 156 valence electrons. The molecule has 1 saturated carbocycles. The van der Waals surface area contributed by atoms with Crippen LogP contribution in [0.2, 0.25) is 0 Å². The minimum absolute atomic E-state index is 0.0221. The van der Waals surface area contributed by atoms with Gasteiger partial charge in [-0.2, -0.15) is 4.98 Å². The molecule has 1 aromatic heterocycles. The Bertz CT molecular complexity index is 887. The zero-order chi connectivity index (χ0) is 20.6. The number of ether oxygens (including phenoxy) is 1. The maximum absolute atomic E-state index is 12.5. The van der Waals surface area contributed by atoms with Gasteiger partial charge in [-0.05, 0) is 49.4 Å². The third-order valence-electron chi connectivity index (χ3n) is 5.12. The minimum atomic E-state index is -4.69. The smallest absolute Gasteiger partial charge is 0.406 e. The number of hydrogen-bond acceptors (Lipinski definition) is 6. The van der Waals surface area contributed by atoms with Crippen LogP contribution in [0.3, 0.4) is 0 Å². The van der Waals surface area contributed by atoms with Crippen LogP contribution >= 0.6 is 0 Å². The molecule has 2 heterocycles. The van der Waals surface area contributed by atoms with Gasteiger partial charge in [0.2, 0.25) is 5.95 Å². The number of aromatic nitrogens is 2. The third kappa shape index (κ3) is 4.90. The summed E-state index contributed by atoms with van der Waals surface area (Å²) < 4.78 is 41.4. The molecule has 9 heteroatoms. The summed E-state index contributed by atoms with van der Waals surface area (Å²) in [5.41, 5.74) is 2.80. The molecule has 1 fully saturated rings. The maximum atomic E-state index is 12.5. The first-order chi connectivity index (χ1) is 13.8. The molecule has 0 bridgehead atoms. The van der Waals surface area contributed by atoms with Crippen LogP contribution in [0.5, 0.6) is 5.75 Å². The van der Waals surface area contributed by atoms with Crippen LogP contribution in [-0.2, 0) is 13.0 Å². The first kappa shape index (κ1) is 19.8. The Morgan fingerprint density at radius 2 is 2.03 bits per heavy atom. The standard InChI is InChI=1S/C20H23F3N4O2/c1-12(11-28)24-19-25-17(13-2-3-13)9-18(26-19)27-7-6-14-8-16(29-20(21,22)23)5-4-15(14)10-27/h4-5,8-9,12-13,28H,2-3,6-7,10-11H2,1H3,(H,24,25,26)/t12-/m0/s1. The summed E-state index contributed by atoms with van der Waals surface area (Å²) in [5.74, 6) is 1.54. The number of halogens is 3. The molecule has 0 amide bonds. The summed E-state index contributed by atoms with van der Waals surface area (Å²) in [6.45, 7) is 3.02. The number of alkyl halides is 3. The van der Waals surface area contributed by atoms with Gasteiger partial charge >= 0.3 is 6.36 Å². The second-order valence-corrected chi connectivity index (χ2v) is 7.63. The van der Waals surface area contributed by atoms with Crippen molar-refractivity contribution >= 4 is 11.8 Å². The summed E-state index contributed by atoms with van der Waals surface area (Å²) in [7, 11) is 0. The molecule has 0 radical (unpaired) electrons. The van der Waals surface area contributed by atoms with Crippen LogP contribution in [0.1, 0.15) is 42.5 Å². The summed E-state index contributed by atoms with van der Waals surface area (Å²) >= 11 is 0. The van der Waals surface area contributed by atoms with Crippen molar-refractivity contribution < 1.29 is 23.0 Å². The number of aliphatic hydroxyl groups is 1. The highest BCUT2D eigenvalue weighted by atomic mass is 19.4. The predicted molar refractivity (Wildman–Crippen MR) is 102 cm³/mol. The number of anilines is 2. The maximum Gasteiger partial charge on any atom is 0.573 e. The van der Waals surface area contributed by atoms with Crippen molar-refractivity contribution in [1.82, 2.24) is 9.97 Å². The van der Waals surface area contributed by atoms with Gasteiger partial charge in [-0.3, -0.25) is 0 Å². The highest BCUT2D eigenvalue weighted by Crippen LogP contribution is 2.40. The van der Waals surface area contributed by atoms with E-state index in [0.717, 1.165) is 35.5 Å². The lowest BCUT2D eigenvalue weighted by atomic mass is 9.99.